The van der Waals surface area contributed by atoms with E-state index in [-0.39, 0.29) is 18.1 Å². The van der Waals surface area contributed by atoms with Crippen LogP contribution in [0, 0.1) is 5.82 Å². The van der Waals surface area contributed by atoms with Gasteiger partial charge in [-0.25, -0.2) is 18.9 Å². The van der Waals surface area contributed by atoms with E-state index in [1.807, 2.05) is 0 Å². The number of anilines is 1. The minimum atomic E-state index is -1.57. The minimum Gasteiger partial charge on any atom is -0.593 e. The van der Waals surface area contributed by atoms with Crippen molar-refractivity contribution in [3.05, 3.63) is 60.6 Å². The lowest BCUT2D eigenvalue weighted by Crippen LogP contribution is -2.21. The monoisotopic (exact) mass is 458 g/mol. The number of nitrogens with zero attached hydrogens (tertiary/aromatic N) is 5. The summed E-state index contributed by atoms with van der Waals surface area (Å²) in [5.74, 6) is 2.00. The van der Waals surface area contributed by atoms with E-state index in [1.54, 1.807) is 34.9 Å². The molecule has 1 unspecified atom stereocenters. The zero-order chi connectivity index (χ0) is 22.5. The molecule has 0 radical (unpaired) electrons. The van der Waals surface area contributed by atoms with Gasteiger partial charge in [0, 0.05) is 0 Å². The van der Waals surface area contributed by atoms with Crippen molar-refractivity contribution in [2.45, 2.75) is 6.42 Å². The van der Waals surface area contributed by atoms with Crippen molar-refractivity contribution in [2.24, 2.45) is 0 Å². The number of rotatable bonds is 9. The zero-order valence-corrected chi connectivity index (χ0v) is 18.0. The van der Waals surface area contributed by atoms with Crippen molar-refractivity contribution in [2.75, 3.05) is 24.7 Å². The van der Waals surface area contributed by atoms with Gasteiger partial charge in [-0.3, -0.25) is 0 Å². The van der Waals surface area contributed by atoms with Crippen LogP contribution in [0.25, 0.3) is 17.3 Å². The van der Waals surface area contributed by atoms with Crippen LogP contribution < -0.4 is 14.2 Å². The molecule has 4 rings (SSSR count). The Bertz CT molecular complexity index is 1150. The highest BCUT2D eigenvalue weighted by Gasteiger charge is 2.25. The Morgan fingerprint density at radius 1 is 1.09 bits per heavy atom. The van der Waals surface area contributed by atoms with Gasteiger partial charge >= 0.3 is 0 Å². The van der Waals surface area contributed by atoms with E-state index in [0.29, 0.717) is 34.6 Å². The van der Waals surface area contributed by atoms with Crippen LogP contribution in [0.2, 0.25) is 0 Å². The van der Waals surface area contributed by atoms with E-state index < -0.39 is 17.2 Å². The number of nitrogens with one attached hydrogen (secondary N) is 1. The number of hydrogen-bond acceptors (Lipinski definition) is 9. The third-order valence-corrected chi connectivity index (χ3v) is 5.41. The fourth-order valence-corrected chi connectivity index (χ4v) is 3.79. The molecule has 1 atom stereocenters. The Labute approximate surface area is 185 Å². The lowest BCUT2D eigenvalue weighted by atomic mass is 10.2. The van der Waals surface area contributed by atoms with Crippen molar-refractivity contribution in [3.8, 4) is 28.8 Å². The van der Waals surface area contributed by atoms with Gasteiger partial charge in [0.1, 0.15) is 28.8 Å². The quantitative estimate of drug-likeness (QED) is 0.377. The molecule has 0 aliphatic heterocycles. The largest absolute Gasteiger partial charge is 0.593 e. The van der Waals surface area contributed by atoms with Crippen LogP contribution in [0.5, 0.6) is 11.5 Å². The Morgan fingerprint density at radius 2 is 1.81 bits per heavy atom. The van der Waals surface area contributed by atoms with Gasteiger partial charge in [-0.2, -0.15) is 4.72 Å². The lowest BCUT2D eigenvalue weighted by molar-refractivity contribution is 0.391. The Hall–Kier alpha value is -3.64. The highest BCUT2D eigenvalue weighted by molar-refractivity contribution is 7.92. The predicted octanol–water partition coefficient (Wildman–Crippen LogP) is 2.79. The van der Waals surface area contributed by atoms with Crippen molar-refractivity contribution in [1.29, 1.82) is 0 Å². The number of benzene rings is 1. The smallest absolute Gasteiger partial charge is 0.271 e. The van der Waals surface area contributed by atoms with Crippen LogP contribution in [0.15, 0.2) is 53.4 Å². The molecule has 4 aromatic rings. The number of halogens is 1. The van der Waals surface area contributed by atoms with E-state index in [1.165, 1.54) is 20.5 Å². The van der Waals surface area contributed by atoms with Crippen LogP contribution in [0.1, 0.15) is 5.82 Å². The van der Waals surface area contributed by atoms with Gasteiger partial charge in [-0.05, 0) is 24.3 Å². The molecular formula is C20H19FN6O4S. The van der Waals surface area contributed by atoms with Crippen LogP contribution in [0.3, 0.4) is 0 Å². The normalized spacial score (nSPS) is 11.9. The van der Waals surface area contributed by atoms with Crippen LogP contribution in [-0.4, -0.2) is 49.3 Å². The first kappa shape index (κ1) is 21.6. The molecule has 0 fully saturated rings. The molecule has 10 nitrogen and oxygen atoms in total. The summed E-state index contributed by atoms with van der Waals surface area (Å²) < 4.78 is 46.7. The molecule has 0 bridgehead atoms. The SMILES string of the molecule is COc1cccc(OC)c1-n1c(N[S+]([O-])CCc2ncc(F)cn2)nnc1-c1ccco1. The predicted molar refractivity (Wildman–Crippen MR) is 114 cm³/mol. The summed E-state index contributed by atoms with van der Waals surface area (Å²) >= 11 is -1.57. The number of para-hydroxylation sites is 1. The highest BCUT2D eigenvalue weighted by Crippen LogP contribution is 2.37. The first-order valence-electron chi connectivity index (χ1n) is 9.42. The third-order valence-electron chi connectivity index (χ3n) is 4.42. The Balaban J connectivity index is 1.67. The van der Waals surface area contributed by atoms with Crippen molar-refractivity contribution < 1.29 is 22.8 Å². The van der Waals surface area contributed by atoms with Crippen LogP contribution in [-0.2, 0) is 17.8 Å². The maximum absolute atomic E-state index is 13.0. The van der Waals surface area contributed by atoms with Crippen molar-refractivity contribution >= 4 is 17.3 Å². The van der Waals surface area contributed by atoms with Gasteiger partial charge in [0.15, 0.2) is 11.6 Å². The van der Waals surface area contributed by atoms with E-state index in [9.17, 15) is 8.94 Å². The highest BCUT2D eigenvalue weighted by atomic mass is 32.2. The molecular weight excluding hydrogens is 439 g/mol. The van der Waals surface area contributed by atoms with E-state index in [2.05, 4.69) is 24.9 Å². The minimum absolute atomic E-state index is 0.164. The maximum atomic E-state index is 13.0. The standard InChI is InChI=1S/C20H19FN6O4S/c1-29-14-5-3-6-15(30-2)18(14)27-19(16-7-4-9-31-16)24-25-20(27)26-32(28)10-8-17-22-11-13(21)12-23-17/h3-7,9,11-12H,8,10H2,1-2H3,(H,25,26). The first-order valence-corrected chi connectivity index (χ1v) is 10.7. The van der Waals surface area contributed by atoms with Crippen LogP contribution in [0.4, 0.5) is 10.3 Å². The van der Waals surface area contributed by atoms with Gasteiger partial charge in [0.25, 0.3) is 5.95 Å². The number of ether oxygens (including phenoxy) is 2. The summed E-state index contributed by atoms with van der Waals surface area (Å²) in [7, 11) is 3.06. The summed E-state index contributed by atoms with van der Waals surface area (Å²) in [6.45, 7) is 0. The summed E-state index contributed by atoms with van der Waals surface area (Å²) in [6, 6.07) is 8.76. The number of hydrogen-bond donors (Lipinski definition) is 1. The summed E-state index contributed by atoms with van der Waals surface area (Å²) in [6.07, 6.45) is 3.93. The van der Waals surface area contributed by atoms with Gasteiger partial charge < -0.3 is 18.4 Å². The Kier molecular flexibility index (Phi) is 6.52. The maximum Gasteiger partial charge on any atom is 0.271 e. The molecule has 0 aliphatic carbocycles. The second kappa shape index (κ2) is 9.66. The van der Waals surface area contributed by atoms with E-state index >= 15 is 0 Å². The van der Waals surface area contributed by atoms with E-state index in [0.717, 1.165) is 12.4 Å². The molecule has 3 aromatic heterocycles. The molecule has 1 N–H and O–H groups in total. The second-order valence-corrected chi connectivity index (χ2v) is 7.69. The fourth-order valence-electron chi connectivity index (χ4n) is 2.98. The Morgan fingerprint density at radius 3 is 2.44 bits per heavy atom. The summed E-state index contributed by atoms with van der Waals surface area (Å²) in [5, 5.41) is 8.37. The van der Waals surface area contributed by atoms with Gasteiger partial charge in [0.05, 0.1) is 50.7 Å². The zero-order valence-electron chi connectivity index (χ0n) is 17.2. The lowest BCUT2D eigenvalue weighted by Gasteiger charge is -2.17. The van der Waals surface area contributed by atoms with E-state index in [4.69, 9.17) is 13.9 Å². The third kappa shape index (κ3) is 4.50. The molecule has 0 aliphatic rings. The molecule has 0 amide bonds. The first-order chi connectivity index (χ1) is 15.6. The molecule has 3 heterocycles. The van der Waals surface area contributed by atoms with Gasteiger partial charge in [-0.15, -0.1) is 10.2 Å². The molecule has 166 valence electrons. The summed E-state index contributed by atoms with van der Waals surface area (Å²) in [4.78, 5) is 7.76. The topological polar surface area (TPSA) is 123 Å². The average Bonchev–Trinajstić information content (AvgIpc) is 3.48. The number of aromatic nitrogens is 5. The van der Waals surface area contributed by atoms with Crippen molar-refractivity contribution in [1.82, 2.24) is 24.7 Å². The molecule has 1 aromatic carbocycles. The molecule has 0 spiro atoms. The van der Waals surface area contributed by atoms with Gasteiger partial charge in [-0.1, -0.05) is 6.07 Å². The molecule has 0 saturated carbocycles. The van der Waals surface area contributed by atoms with Gasteiger partial charge in [0.2, 0.25) is 5.82 Å². The molecule has 32 heavy (non-hydrogen) atoms. The summed E-state index contributed by atoms with van der Waals surface area (Å²) in [5.41, 5.74) is 0.510. The second-order valence-electron chi connectivity index (χ2n) is 6.39. The molecule has 12 heteroatoms. The number of furan rings is 1. The number of methoxy groups -OCH3 is 2. The fraction of sp³-hybridized carbons (Fsp3) is 0.200. The van der Waals surface area contributed by atoms with Crippen molar-refractivity contribution in [3.63, 3.8) is 0 Å². The number of aryl methyl sites for hydroxylation is 1. The van der Waals surface area contributed by atoms with Crippen LogP contribution >= 0.6 is 0 Å². The average molecular weight is 458 g/mol. The molecule has 0 saturated heterocycles.